The van der Waals surface area contributed by atoms with E-state index in [2.05, 4.69) is 5.32 Å². The molecule has 4 heterocycles. The van der Waals surface area contributed by atoms with E-state index in [4.69, 9.17) is 9.47 Å². The molecule has 3 aliphatic rings. The van der Waals surface area contributed by atoms with E-state index in [1.54, 1.807) is 41.0 Å². The van der Waals surface area contributed by atoms with Crippen LogP contribution in [0.3, 0.4) is 0 Å². The number of carboxylic acids is 1. The van der Waals surface area contributed by atoms with Gasteiger partial charge in [0.25, 0.3) is 11.8 Å². The molecule has 46 heavy (non-hydrogen) atoms. The first kappa shape index (κ1) is 31.1. The molecule has 14 heteroatoms. The molecule has 0 bridgehead atoms. The zero-order valence-corrected chi connectivity index (χ0v) is 25.7. The lowest BCUT2D eigenvalue weighted by Crippen LogP contribution is -2.71. The van der Waals surface area contributed by atoms with E-state index in [1.807, 2.05) is 11.8 Å². The molecule has 2 fully saturated rings. The predicted octanol–water partition coefficient (Wildman–Crippen LogP) is 2.74. The number of rotatable bonds is 10. The van der Waals surface area contributed by atoms with Crippen LogP contribution in [0.5, 0.6) is 5.75 Å². The van der Waals surface area contributed by atoms with Crippen LogP contribution in [-0.4, -0.2) is 81.8 Å². The van der Waals surface area contributed by atoms with Crippen molar-refractivity contribution in [2.24, 2.45) is 0 Å². The van der Waals surface area contributed by atoms with Crippen LogP contribution in [0.25, 0.3) is 10.9 Å². The molecule has 0 aliphatic carbocycles. The maximum Gasteiger partial charge on any atom is 0.352 e. The number of nitrogens with zero attached hydrogens (tertiary/aromatic N) is 3. The van der Waals surface area contributed by atoms with Gasteiger partial charge in [0.2, 0.25) is 5.43 Å². The summed E-state index contributed by atoms with van der Waals surface area (Å²) in [5, 5.41) is 11.9. The van der Waals surface area contributed by atoms with Gasteiger partial charge in [-0.2, -0.15) is 0 Å². The Kier molecular flexibility index (Phi) is 8.71. The van der Waals surface area contributed by atoms with Crippen molar-refractivity contribution in [2.75, 3.05) is 37.0 Å². The molecule has 2 amide bonds. The lowest BCUT2D eigenvalue weighted by Gasteiger charge is -2.49. The van der Waals surface area contributed by atoms with Gasteiger partial charge in [0.1, 0.15) is 40.8 Å². The van der Waals surface area contributed by atoms with Crippen LogP contribution in [-0.2, 0) is 25.7 Å². The zero-order valence-electron chi connectivity index (χ0n) is 24.9. The Morgan fingerprint density at radius 2 is 1.85 bits per heavy atom. The van der Waals surface area contributed by atoms with Crippen molar-refractivity contribution in [3.05, 3.63) is 81.5 Å². The monoisotopic (exact) mass is 650 g/mol. The lowest BCUT2D eigenvalue weighted by atomic mass is 10.0. The van der Waals surface area contributed by atoms with Gasteiger partial charge in [0, 0.05) is 42.5 Å². The first-order chi connectivity index (χ1) is 22.2. The summed E-state index contributed by atoms with van der Waals surface area (Å²) in [5.74, 6) is -3.53. The highest BCUT2D eigenvalue weighted by Crippen LogP contribution is 2.40. The van der Waals surface area contributed by atoms with Crippen LogP contribution in [0.4, 0.5) is 10.1 Å². The molecule has 3 aliphatic heterocycles. The van der Waals surface area contributed by atoms with Crippen molar-refractivity contribution < 1.29 is 38.1 Å². The lowest BCUT2D eigenvalue weighted by molar-refractivity contribution is -0.151. The molecule has 2 N–H and O–H groups in total. The Hall–Kier alpha value is -4.85. The molecule has 2 saturated heterocycles. The van der Waals surface area contributed by atoms with Crippen molar-refractivity contribution in [1.29, 1.82) is 0 Å². The van der Waals surface area contributed by atoms with E-state index in [1.165, 1.54) is 18.0 Å². The van der Waals surface area contributed by atoms with Crippen molar-refractivity contribution in [1.82, 2.24) is 14.8 Å². The topological polar surface area (TPSA) is 147 Å². The minimum absolute atomic E-state index is 0.0340. The molecule has 1 aromatic heterocycles. The second-order valence-electron chi connectivity index (χ2n) is 11.1. The van der Waals surface area contributed by atoms with Crippen LogP contribution in [0, 0.1) is 5.82 Å². The van der Waals surface area contributed by atoms with E-state index in [-0.39, 0.29) is 34.6 Å². The summed E-state index contributed by atoms with van der Waals surface area (Å²) in [5.41, 5.74) is -0.301. The number of halogens is 1. The third kappa shape index (κ3) is 5.80. The maximum atomic E-state index is 15.1. The van der Waals surface area contributed by atoms with Crippen molar-refractivity contribution in [3.63, 3.8) is 0 Å². The summed E-state index contributed by atoms with van der Waals surface area (Å²) < 4.78 is 27.6. The Bertz CT molecular complexity index is 1820. The number of amides is 2. The largest absolute Gasteiger partial charge is 0.484 e. The van der Waals surface area contributed by atoms with Gasteiger partial charge in [-0.1, -0.05) is 18.2 Å². The third-order valence-corrected chi connectivity index (χ3v) is 9.55. The number of ether oxygens (including phenoxy) is 2. The first-order valence-corrected chi connectivity index (χ1v) is 15.9. The van der Waals surface area contributed by atoms with Gasteiger partial charge in [-0.3, -0.25) is 19.3 Å². The third-order valence-electron chi connectivity index (χ3n) is 8.21. The normalized spacial score (nSPS) is 19.1. The molecule has 3 aromatic rings. The van der Waals surface area contributed by atoms with Gasteiger partial charge in [0.05, 0.1) is 11.2 Å². The van der Waals surface area contributed by atoms with Gasteiger partial charge in [-0.05, 0) is 44.0 Å². The number of para-hydroxylation sites is 1. The molecule has 0 radical (unpaired) electrons. The van der Waals surface area contributed by atoms with Gasteiger partial charge >= 0.3 is 11.9 Å². The minimum atomic E-state index is -1.40. The van der Waals surface area contributed by atoms with Crippen molar-refractivity contribution in [3.8, 4) is 5.75 Å². The first-order valence-electron chi connectivity index (χ1n) is 14.8. The predicted molar refractivity (Wildman–Crippen MR) is 167 cm³/mol. The van der Waals surface area contributed by atoms with Gasteiger partial charge in [0.15, 0.2) is 6.61 Å². The van der Waals surface area contributed by atoms with E-state index in [0.29, 0.717) is 23.5 Å². The fourth-order valence-electron chi connectivity index (χ4n) is 5.91. The number of hydrogen-bond donors (Lipinski definition) is 2. The quantitative estimate of drug-likeness (QED) is 0.248. The van der Waals surface area contributed by atoms with Gasteiger partial charge < -0.3 is 29.4 Å². The fraction of sp³-hybridized carbons (Fsp3) is 0.344. The number of esters is 1. The van der Waals surface area contributed by atoms with E-state index < -0.39 is 53.0 Å². The Morgan fingerprint density at radius 3 is 2.54 bits per heavy atom. The van der Waals surface area contributed by atoms with Crippen LogP contribution in [0.2, 0.25) is 0 Å². The zero-order chi connectivity index (χ0) is 32.5. The molecule has 240 valence electrons. The number of aliphatic carboxylic acids is 1. The number of benzene rings is 2. The average molecular weight is 651 g/mol. The number of aryl methyl sites for hydroxylation is 1. The van der Waals surface area contributed by atoms with Crippen LogP contribution < -0.4 is 20.4 Å². The number of thioether (sulfide) groups is 1. The minimum Gasteiger partial charge on any atom is -0.484 e. The SMILES string of the molecule is CCn1cc(C(=O)OCC2=C(C(=O)O)N3C(=O)[C@@H](NC(=O)COc4ccccc4)C3SC2)c(=O)c2cc(F)c(N3CCCC3)cc21. The molecule has 2 aromatic carbocycles. The highest BCUT2D eigenvalue weighted by atomic mass is 32.2. The van der Waals surface area contributed by atoms with E-state index >= 15 is 4.39 Å². The standard InChI is InChI=1S/C32H31FN4O8S/c1-2-35-14-21(28(39)20-12-22(33)24(13-23(20)35)36-10-6-7-11-36)32(43)45-15-18-17-46-30-26(29(40)37(30)27(18)31(41)42)34-25(38)16-44-19-8-4-3-5-9-19/h3-5,8-9,12-14,26,30H,2,6-7,10-11,15-17H2,1H3,(H,34,38)(H,41,42)/t26-,30?/m1/s1. The second kappa shape index (κ2) is 12.9. The number of carbonyl (C=O) groups excluding carboxylic acids is 3. The number of hydrogen-bond acceptors (Lipinski definition) is 9. The van der Waals surface area contributed by atoms with E-state index in [0.717, 1.165) is 36.9 Å². The molecule has 12 nitrogen and oxygen atoms in total. The Morgan fingerprint density at radius 1 is 1.11 bits per heavy atom. The number of fused-ring (bicyclic) bond motifs is 2. The van der Waals surface area contributed by atoms with Crippen LogP contribution in [0.15, 0.2) is 64.7 Å². The molecule has 1 unspecified atom stereocenters. The van der Waals surface area contributed by atoms with E-state index in [9.17, 15) is 29.1 Å². The average Bonchev–Trinajstić information content (AvgIpc) is 3.60. The van der Waals surface area contributed by atoms with Gasteiger partial charge in [-0.15, -0.1) is 11.8 Å². The highest BCUT2D eigenvalue weighted by molar-refractivity contribution is 8.00. The van der Waals surface area contributed by atoms with Crippen molar-refractivity contribution >= 4 is 52.1 Å². The summed E-state index contributed by atoms with van der Waals surface area (Å²) in [6.45, 7) is 2.85. The Balaban J connectivity index is 1.16. The molecule has 2 atom stereocenters. The van der Waals surface area contributed by atoms with Gasteiger partial charge in [-0.25, -0.2) is 14.0 Å². The summed E-state index contributed by atoms with van der Waals surface area (Å²) in [6, 6.07) is 10.5. The summed E-state index contributed by atoms with van der Waals surface area (Å²) in [6.07, 6.45) is 3.27. The molecular formula is C32H31FN4O8S. The molecule has 6 rings (SSSR count). The number of nitrogens with one attached hydrogen (secondary N) is 1. The highest BCUT2D eigenvalue weighted by Gasteiger charge is 2.54. The molecule has 0 saturated carbocycles. The number of aromatic nitrogens is 1. The number of anilines is 1. The summed E-state index contributed by atoms with van der Waals surface area (Å²) in [7, 11) is 0. The number of carboxylic acid groups (broad SMARTS) is 1. The molecule has 0 spiro atoms. The molecular weight excluding hydrogens is 619 g/mol. The Labute approximate surface area is 266 Å². The van der Waals surface area contributed by atoms with Crippen LogP contribution >= 0.6 is 11.8 Å². The second-order valence-corrected chi connectivity index (χ2v) is 12.2. The summed E-state index contributed by atoms with van der Waals surface area (Å²) in [4.78, 5) is 67.1. The van der Waals surface area contributed by atoms with Crippen LogP contribution in [0.1, 0.15) is 30.1 Å². The maximum absolute atomic E-state index is 15.1. The number of pyridine rings is 1. The fourth-order valence-corrected chi connectivity index (χ4v) is 7.24. The number of β-lactam (4-membered cyclic amide) rings is 1. The van der Waals surface area contributed by atoms with Crippen molar-refractivity contribution in [2.45, 2.75) is 37.7 Å². The number of carbonyl (C=O) groups is 4. The smallest absolute Gasteiger partial charge is 0.352 e. The summed E-state index contributed by atoms with van der Waals surface area (Å²) >= 11 is 1.21.